The molecule has 0 unspecified atom stereocenters. The van der Waals surface area contributed by atoms with Crippen LogP contribution < -0.4 is 15.0 Å². The fourth-order valence-corrected chi connectivity index (χ4v) is 3.02. The summed E-state index contributed by atoms with van der Waals surface area (Å²) in [4.78, 5) is 20.0. The van der Waals surface area contributed by atoms with Crippen molar-refractivity contribution in [2.24, 2.45) is 0 Å². The van der Waals surface area contributed by atoms with Gasteiger partial charge < -0.3 is 14.5 Å². The second-order valence-corrected chi connectivity index (χ2v) is 5.98. The van der Waals surface area contributed by atoms with E-state index in [2.05, 4.69) is 16.9 Å². The number of nitrogens with zero attached hydrogens (tertiary/aromatic N) is 1. The summed E-state index contributed by atoms with van der Waals surface area (Å²) in [6, 6.07) is 13.6. The Bertz CT molecular complexity index is 991. The van der Waals surface area contributed by atoms with Crippen LogP contribution in [0, 0.1) is 0 Å². The van der Waals surface area contributed by atoms with Crippen LogP contribution in [0.3, 0.4) is 0 Å². The van der Waals surface area contributed by atoms with Crippen LogP contribution in [-0.2, 0) is 12.8 Å². The van der Waals surface area contributed by atoms with Crippen molar-refractivity contribution in [2.75, 3.05) is 7.11 Å². The van der Waals surface area contributed by atoms with Gasteiger partial charge in [0, 0.05) is 17.5 Å². The molecule has 3 aromatic rings. The van der Waals surface area contributed by atoms with E-state index in [0.29, 0.717) is 35.2 Å². The molecule has 1 N–H and O–H groups in total. The number of benzene rings is 2. The van der Waals surface area contributed by atoms with Crippen LogP contribution in [-0.4, -0.2) is 17.1 Å². The Kier molecular flexibility index (Phi) is 3.76. The molecule has 1 aliphatic heterocycles. The van der Waals surface area contributed by atoms with Crippen LogP contribution in [0.2, 0.25) is 0 Å². The predicted octanol–water partition coefficient (Wildman–Crippen LogP) is 3.70. The minimum absolute atomic E-state index is 0.173. The Balaban J connectivity index is 1.78. The van der Waals surface area contributed by atoms with Gasteiger partial charge in [-0.2, -0.15) is 4.98 Å². The van der Waals surface area contributed by atoms with Gasteiger partial charge >= 0.3 is 0 Å². The summed E-state index contributed by atoms with van der Waals surface area (Å²) in [6.45, 7) is 2.10. The average molecular weight is 334 g/mol. The minimum atomic E-state index is -0.173. The van der Waals surface area contributed by atoms with Crippen LogP contribution in [0.1, 0.15) is 23.6 Å². The highest BCUT2D eigenvalue weighted by molar-refractivity contribution is 5.59. The molecule has 1 aliphatic rings. The minimum Gasteiger partial charge on any atom is -0.493 e. The maximum absolute atomic E-state index is 12.5. The van der Waals surface area contributed by atoms with Crippen molar-refractivity contribution in [3.05, 3.63) is 69.5 Å². The number of methoxy groups -OCH3 is 1. The third kappa shape index (κ3) is 2.67. The van der Waals surface area contributed by atoms with Gasteiger partial charge in [-0.05, 0) is 18.1 Å². The molecule has 0 amide bonds. The number of rotatable bonds is 3. The van der Waals surface area contributed by atoms with Crippen LogP contribution >= 0.6 is 0 Å². The standard InChI is InChI=1S/C20H18N2O3/c1-3-12-7-9-13(10-8-12)18-21-19(23)15-11-14-5-4-6-16(24-2)17(14)25-20(15)22-18/h4-10H,3,11H2,1-2H3,(H,21,22,23). The normalized spacial score (nSPS) is 12.1. The number of fused-ring (bicyclic) bond motifs is 2. The predicted molar refractivity (Wildman–Crippen MR) is 95.5 cm³/mol. The Morgan fingerprint density at radius 2 is 2.00 bits per heavy atom. The Hall–Kier alpha value is -3.08. The van der Waals surface area contributed by atoms with Gasteiger partial charge in [0.15, 0.2) is 11.5 Å². The molecule has 0 spiro atoms. The largest absolute Gasteiger partial charge is 0.493 e. The van der Waals surface area contributed by atoms with E-state index in [-0.39, 0.29) is 5.56 Å². The van der Waals surface area contributed by atoms with Gasteiger partial charge in [0.2, 0.25) is 5.88 Å². The lowest BCUT2D eigenvalue weighted by molar-refractivity contribution is 0.365. The molecule has 2 aromatic carbocycles. The second-order valence-electron chi connectivity index (χ2n) is 5.98. The van der Waals surface area contributed by atoms with E-state index in [9.17, 15) is 4.79 Å². The number of hydrogen-bond acceptors (Lipinski definition) is 4. The molecule has 0 saturated carbocycles. The Morgan fingerprint density at radius 1 is 1.20 bits per heavy atom. The van der Waals surface area contributed by atoms with Gasteiger partial charge in [0.1, 0.15) is 5.82 Å². The second kappa shape index (κ2) is 6.09. The monoisotopic (exact) mass is 334 g/mol. The number of aryl methyl sites for hydroxylation is 1. The number of para-hydroxylation sites is 1. The first-order valence-electron chi connectivity index (χ1n) is 8.26. The van der Waals surface area contributed by atoms with Gasteiger partial charge in [-0.15, -0.1) is 0 Å². The molecule has 1 aromatic heterocycles. The number of aromatic amines is 1. The summed E-state index contributed by atoms with van der Waals surface area (Å²) >= 11 is 0. The smallest absolute Gasteiger partial charge is 0.258 e. The van der Waals surface area contributed by atoms with Gasteiger partial charge in [-0.3, -0.25) is 4.79 Å². The quantitative estimate of drug-likeness (QED) is 0.620. The molecular weight excluding hydrogens is 316 g/mol. The van der Waals surface area contributed by atoms with Crippen molar-refractivity contribution in [2.45, 2.75) is 19.8 Å². The highest BCUT2D eigenvalue weighted by Gasteiger charge is 2.24. The fourth-order valence-electron chi connectivity index (χ4n) is 3.02. The maximum Gasteiger partial charge on any atom is 0.258 e. The molecule has 0 aliphatic carbocycles. The molecule has 0 fully saturated rings. The molecule has 0 saturated heterocycles. The van der Waals surface area contributed by atoms with E-state index in [1.165, 1.54) is 5.56 Å². The van der Waals surface area contributed by atoms with E-state index >= 15 is 0 Å². The average Bonchev–Trinajstić information content (AvgIpc) is 2.66. The van der Waals surface area contributed by atoms with Crippen LogP contribution in [0.15, 0.2) is 47.3 Å². The molecule has 0 bridgehead atoms. The van der Waals surface area contributed by atoms with Gasteiger partial charge in [0.05, 0.1) is 12.7 Å². The van der Waals surface area contributed by atoms with Gasteiger partial charge in [-0.1, -0.05) is 43.3 Å². The van der Waals surface area contributed by atoms with E-state index in [4.69, 9.17) is 9.47 Å². The molecule has 5 nitrogen and oxygen atoms in total. The first-order chi connectivity index (χ1) is 12.2. The summed E-state index contributed by atoms with van der Waals surface area (Å²) in [5.74, 6) is 2.11. The van der Waals surface area contributed by atoms with Crippen molar-refractivity contribution in [3.63, 3.8) is 0 Å². The lowest BCUT2D eigenvalue weighted by Gasteiger charge is -2.20. The number of hydrogen-bond donors (Lipinski definition) is 1. The van der Waals surface area contributed by atoms with Crippen molar-refractivity contribution in [1.82, 2.24) is 9.97 Å². The first-order valence-corrected chi connectivity index (χ1v) is 8.26. The zero-order valence-corrected chi connectivity index (χ0v) is 14.1. The molecule has 25 heavy (non-hydrogen) atoms. The van der Waals surface area contributed by atoms with E-state index in [1.54, 1.807) is 7.11 Å². The van der Waals surface area contributed by atoms with Crippen LogP contribution in [0.5, 0.6) is 17.4 Å². The first kappa shape index (κ1) is 15.4. The molecule has 0 radical (unpaired) electrons. The fraction of sp³-hybridized carbons (Fsp3) is 0.200. The van der Waals surface area contributed by atoms with E-state index < -0.39 is 0 Å². The molecule has 4 rings (SSSR count). The SMILES string of the molecule is CCc1ccc(-c2nc3c(c(=O)[nH]2)Cc2cccc(OC)c2O3)cc1. The summed E-state index contributed by atoms with van der Waals surface area (Å²) in [5, 5.41) is 0. The van der Waals surface area contributed by atoms with Gasteiger partial charge in [-0.25, -0.2) is 0 Å². The van der Waals surface area contributed by atoms with Crippen molar-refractivity contribution < 1.29 is 9.47 Å². The van der Waals surface area contributed by atoms with Crippen molar-refractivity contribution >= 4 is 0 Å². The van der Waals surface area contributed by atoms with Crippen LogP contribution in [0.4, 0.5) is 0 Å². The van der Waals surface area contributed by atoms with Crippen molar-refractivity contribution in [1.29, 1.82) is 0 Å². The highest BCUT2D eigenvalue weighted by atomic mass is 16.5. The molecule has 0 atom stereocenters. The highest BCUT2D eigenvalue weighted by Crippen LogP contribution is 2.40. The zero-order chi connectivity index (χ0) is 17.4. The number of aromatic nitrogens is 2. The maximum atomic E-state index is 12.5. The lowest BCUT2D eigenvalue weighted by atomic mass is 10.0. The number of ether oxygens (including phenoxy) is 2. The summed E-state index contributed by atoms with van der Waals surface area (Å²) in [5.41, 5.74) is 3.37. The third-order valence-corrected chi connectivity index (χ3v) is 4.46. The third-order valence-electron chi connectivity index (χ3n) is 4.46. The molecule has 126 valence electrons. The Labute approximate surface area is 145 Å². The van der Waals surface area contributed by atoms with Gasteiger partial charge in [0.25, 0.3) is 5.56 Å². The summed E-state index contributed by atoms with van der Waals surface area (Å²) < 4.78 is 11.3. The van der Waals surface area contributed by atoms with E-state index in [0.717, 1.165) is 17.5 Å². The number of H-pyrrole nitrogens is 1. The summed E-state index contributed by atoms with van der Waals surface area (Å²) in [7, 11) is 1.60. The topological polar surface area (TPSA) is 64.2 Å². The van der Waals surface area contributed by atoms with E-state index in [1.807, 2.05) is 42.5 Å². The molecule has 5 heteroatoms. The van der Waals surface area contributed by atoms with Crippen LogP contribution in [0.25, 0.3) is 11.4 Å². The molecule has 2 heterocycles. The van der Waals surface area contributed by atoms with Crippen molar-refractivity contribution in [3.8, 4) is 28.8 Å². The Morgan fingerprint density at radius 3 is 2.72 bits per heavy atom. The lowest BCUT2D eigenvalue weighted by Crippen LogP contribution is -2.20. The molecular formula is C20H18N2O3. The zero-order valence-electron chi connectivity index (χ0n) is 14.1. The summed E-state index contributed by atoms with van der Waals surface area (Å²) in [6.07, 6.45) is 1.44. The number of nitrogens with one attached hydrogen (secondary N) is 1.